The zero-order valence-corrected chi connectivity index (χ0v) is 12.8. The summed E-state index contributed by atoms with van der Waals surface area (Å²) < 4.78 is 0. The van der Waals surface area contributed by atoms with Crippen LogP contribution in [0.5, 0.6) is 0 Å². The zero-order valence-electron chi connectivity index (χ0n) is 10.4. The minimum absolute atomic E-state index is 0.0197. The highest BCUT2D eigenvalue weighted by molar-refractivity contribution is 7.99. The highest BCUT2D eigenvalue weighted by Crippen LogP contribution is 2.16. The van der Waals surface area contributed by atoms with Crippen LogP contribution in [0.1, 0.15) is 20.4 Å². The van der Waals surface area contributed by atoms with Crippen molar-refractivity contribution in [2.45, 2.75) is 12.3 Å². The number of thiophene rings is 1. The molecule has 0 bridgehead atoms. The van der Waals surface area contributed by atoms with E-state index in [0.29, 0.717) is 10.8 Å². The van der Waals surface area contributed by atoms with Crippen LogP contribution in [0.3, 0.4) is 0 Å². The van der Waals surface area contributed by atoms with Gasteiger partial charge in [-0.2, -0.15) is 0 Å². The molecule has 0 aliphatic rings. The second-order valence-corrected chi connectivity index (χ2v) is 6.74. The Bertz CT molecular complexity index is 581. The summed E-state index contributed by atoms with van der Waals surface area (Å²) in [4.78, 5) is 27.4. The number of carbonyl (C=O) groups is 2. The second kappa shape index (κ2) is 7.41. The molecule has 2 heterocycles. The summed E-state index contributed by atoms with van der Waals surface area (Å²) >= 11 is 4.46. The number of nitrogens with zero attached hydrogens (tertiary/aromatic N) is 1. The number of thiazole rings is 1. The topological polar surface area (TPSA) is 79.3 Å². The van der Waals surface area contributed by atoms with Crippen molar-refractivity contribution in [3.8, 4) is 0 Å². The number of rotatable bonds is 7. The Hall–Kier alpha value is -1.38. The first kappa shape index (κ1) is 15.0. The van der Waals surface area contributed by atoms with Gasteiger partial charge >= 0.3 is 5.97 Å². The SMILES string of the molecule is O=C(CSCc1cccs1)NCc1nc(C(=O)O)cs1. The Balaban J connectivity index is 1.67. The van der Waals surface area contributed by atoms with Crippen molar-refractivity contribution in [2.75, 3.05) is 5.75 Å². The van der Waals surface area contributed by atoms with E-state index in [-0.39, 0.29) is 18.1 Å². The second-order valence-electron chi connectivity index (χ2n) is 3.78. The number of thioether (sulfide) groups is 1. The molecule has 0 unspecified atom stereocenters. The quantitative estimate of drug-likeness (QED) is 0.816. The maximum absolute atomic E-state index is 11.6. The largest absolute Gasteiger partial charge is 0.476 e. The number of hydrogen-bond donors (Lipinski definition) is 2. The third kappa shape index (κ3) is 4.62. The van der Waals surface area contributed by atoms with Crippen molar-refractivity contribution in [1.82, 2.24) is 10.3 Å². The molecule has 8 heteroatoms. The Morgan fingerprint density at radius 3 is 2.90 bits per heavy atom. The molecule has 2 rings (SSSR count). The standard InChI is InChI=1S/C12H12N2O3S3/c15-10(7-18-5-8-2-1-3-19-8)13-4-11-14-9(6-20-11)12(16)17/h1-3,6H,4-5,7H2,(H,13,15)(H,16,17). The Morgan fingerprint density at radius 1 is 1.40 bits per heavy atom. The van der Waals surface area contributed by atoms with Crippen molar-refractivity contribution in [1.29, 1.82) is 0 Å². The van der Waals surface area contributed by atoms with Gasteiger partial charge in [-0.1, -0.05) is 6.07 Å². The molecule has 5 nitrogen and oxygen atoms in total. The van der Waals surface area contributed by atoms with Crippen LogP contribution >= 0.6 is 34.4 Å². The molecule has 0 saturated carbocycles. The number of carbonyl (C=O) groups excluding carboxylic acids is 1. The minimum atomic E-state index is -1.05. The van der Waals surface area contributed by atoms with Crippen LogP contribution in [-0.4, -0.2) is 27.7 Å². The van der Waals surface area contributed by atoms with Crippen molar-refractivity contribution in [3.63, 3.8) is 0 Å². The maximum Gasteiger partial charge on any atom is 0.355 e. The first-order chi connectivity index (χ1) is 9.65. The van der Waals surface area contributed by atoms with E-state index in [9.17, 15) is 9.59 Å². The molecule has 106 valence electrons. The maximum atomic E-state index is 11.6. The van der Waals surface area contributed by atoms with Crippen LogP contribution in [0.4, 0.5) is 0 Å². The summed E-state index contributed by atoms with van der Waals surface area (Å²) in [7, 11) is 0. The van der Waals surface area contributed by atoms with Gasteiger partial charge in [-0.15, -0.1) is 34.4 Å². The smallest absolute Gasteiger partial charge is 0.355 e. The van der Waals surface area contributed by atoms with E-state index in [1.807, 2.05) is 17.5 Å². The molecule has 0 radical (unpaired) electrons. The lowest BCUT2D eigenvalue weighted by Crippen LogP contribution is -2.24. The fourth-order valence-electron chi connectivity index (χ4n) is 1.35. The van der Waals surface area contributed by atoms with E-state index in [4.69, 9.17) is 5.11 Å². The molecular formula is C12H12N2O3S3. The molecule has 0 aliphatic heterocycles. The lowest BCUT2D eigenvalue weighted by atomic mass is 10.5. The van der Waals surface area contributed by atoms with Gasteiger partial charge in [-0.25, -0.2) is 9.78 Å². The fourth-order valence-corrected chi connectivity index (χ4v) is 3.76. The minimum Gasteiger partial charge on any atom is -0.476 e. The predicted molar refractivity (Wildman–Crippen MR) is 81.4 cm³/mol. The van der Waals surface area contributed by atoms with Crippen LogP contribution in [0.2, 0.25) is 0 Å². The molecule has 2 N–H and O–H groups in total. The van der Waals surface area contributed by atoms with Gasteiger partial charge in [0.1, 0.15) is 5.01 Å². The van der Waals surface area contributed by atoms with Gasteiger partial charge in [0, 0.05) is 16.0 Å². The van der Waals surface area contributed by atoms with Crippen LogP contribution in [0, 0.1) is 0 Å². The number of amides is 1. The average Bonchev–Trinajstić information content (AvgIpc) is 3.07. The zero-order chi connectivity index (χ0) is 14.4. The normalized spacial score (nSPS) is 10.4. The molecular weight excluding hydrogens is 316 g/mol. The summed E-state index contributed by atoms with van der Waals surface area (Å²) in [6.07, 6.45) is 0. The van der Waals surface area contributed by atoms with Gasteiger partial charge in [-0.3, -0.25) is 4.79 Å². The van der Waals surface area contributed by atoms with E-state index in [1.54, 1.807) is 23.1 Å². The summed E-state index contributed by atoms with van der Waals surface area (Å²) in [5.41, 5.74) is 0.0197. The first-order valence-corrected chi connectivity index (χ1v) is 8.61. The number of aromatic nitrogens is 1. The summed E-state index contributed by atoms with van der Waals surface area (Å²) in [6.45, 7) is 0.274. The van der Waals surface area contributed by atoms with Crippen molar-refractivity contribution in [2.24, 2.45) is 0 Å². The van der Waals surface area contributed by atoms with Crippen molar-refractivity contribution in [3.05, 3.63) is 38.5 Å². The van der Waals surface area contributed by atoms with Gasteiger partial charge < -0.3 is 10.4 Å². The molecule has 0 spiro atoms. The molecule has 20 heavy (non-hydrogen) atoms. The highest BCUT2D eigenvalue weighted by atomic mass is 32.2. The lowest BCUT2D eigenvalue weighted by Gasteiger charge is -2.02. The van der Waals surface area contributed by atoms with E-state index >= 15 is 0 Å². The fraction of sp³-hybridized carbons (Fsp3) is 0.250. The van der Waals surface area contributed by atoms with Gasteiger partial charge in [-0.05, 0) is 11.4 Å². The van der Waals surface area contributed by atoms with Crippen LogP contribution in [0.15, 0.2) is 22.9 Å². The summed E-state index contributed by atoms with van der Waals surface area (Å²) in [6, 6.07) is 4.03. The molecule has 0 aromatic carbocycles. The van der Waals surface area contributed by atoms with Gasteiger partial charge in [0.05, 0.1) is 12.3 Å². The average molecular weight is 328 g/mol. The van der Waals surface area contributed by atoms with Gasteiger partial charge in [0.15, 0.2) is 5.69 Å². The summed E-state index contributed by atoms with van der Waals surface area (Å²) in [5.74, 6) is 0.0876. The lowest BCUT2D eigenvalue weighted by molar-refractivity contribution is -0.118. The van der Waals surface area contributed by atoms with E-state index in [0.717, 1.165) is 5.75 Å². The van der Waals surface area contributed by atoms with E-state index in [1.165, 1.54) is 21.6 Å². The van der Waals surface area contributed by atoms with Crippen LogP contribution in [0.25, 0.3) is 0 Å². The predicted octanol–water partition coefficient (Wildman–Crippen LogP) is 2.45. The van der Waals surface area contributed by atoms with Gasteiger partial charge in [0.25, 0.3) is 0 Å². The van der Waals surface area contributed by atoms with Crippen molar-refractivity contribution >= 4 is 46.3 Å². The molecule has 0 fully saturated rings. The Morgan fingerprint density at radius 2 is 2.25 bits per heavy atom. The highest BCUT2D eigenvalue weighted by Gasteiger charge is 2.09. The Kier molecular flexibility index (Phi) is 5.57. The third-order valence-electron chi connectivity index (χ3n) is 2.27. The Labute approximate surface area is 128 Å². The molecule has 2 aromatic heterocycles. The van der Waals surface area contributed by atoms with Crippen LogP contribution in [-0.2, 0) is 17.1 Å². The van der Waals surface area contributed by atoms with Gasteiger partial charge in [0.2, 0.25) is 5.91 Å². The number of aromatic carboxylic acids is 1. The molecule has 0 saturated heterocycles. The number of carboxylic acid groups (broad SMARTS) is 1. The van der Waals surface area contributed by atoms with E-state index < -0.39 is 5.97 Å². The number of hydrogen-bond acceptors (Lipinski definition) is 6. The molecule has 0 aliphatic carbocycles. The molecule has 2 aromatic rings. The van der Waals surface area contributed by atoms with Crippen molar-refractivity contribution < 1.29 is 14.7 Å². The first-order valence-electron chi connectivity index (χ1n) is 5.69. The summed E-state index contributed by atoms with van der Waals surface area (Å²) in [5, 5.41) is 15.5. The van der Waals surface area contributed by atoms with Crippen LogP contribution < -0.4 is 5.32 Å². The third-order valence-corrected chi connectivity index (χ3v) is 5.15. The number of nitrogens with one attached hydrogen (secondary N) is 1. The van der Waals surface area contributed by atoms with E-state index in [2.05, 4.69) is 10.3 Å². The molecule has 0 atom stereocenters. The molecule has 1 amide bonds. The monoisotopic (exact) mass is 328 g/mol. The number of carboxylic acids is 1.